The minimum atomic E-state index is 0.215. The Hall–Kier alpha value is -1.55. The third-order valence-electron chi connectivity index (χ3n) is 7.92. The Kier molecular flexibility index (Phi) is 6.43. The van der Waals surface area contributed by atoms with Crippen molar-refractivity contribution in [2.24, 2.45) is 16.7 Å². The molecule has 2 unspecified atom stereocenters. The van der Waals surface area contributed by atoms with Gasteiger partial charge in [0.15, 0.2) is 0 Å². The number of fused-ring (bicyclic) bond motifs is 2. The molecular weight excluding hydrogens is 386 g/mol. The van der Waals surface area contributed by atoms with Gasteiger partial charge < -0.3 is 4.74 Å². The van der Waals surface area contributed by atoms with E-state index in [2.05, 4.69) is 92.7 Å². The first-order valence-electron chi connectivity index (χ1n) is 11.2. The fraction of sp³-hybridized carbons (Fsp3) is 0.481. The van der Waals surface area contributed by atoms with Crippen molar-refractivity contribution < 1.29 is 4.74 Å². The highest BCUT2D eigenvalue weighted by Crippen LogP contribution is 2.68. The Bertz CT molecular complexity index is 836. The number of nitrogens with one attached hydrogen (secondary N) is 1. The molecule has 1 N–H and O–H groups in total. The summed E-state index contributed by atoms with van der Waals surface area (Å²) in [5, 5.41) is 0.457. The van der Waals surface area contributed by atoms with Gasteiger partial charge in [0, 0.05) is 16.7 Å². The molecule has 30 heavy (non-hydrogen) atoms. The Morgan fingerprint density at radius 2 is 1.77 bits per heavy atom. The monoisotopic (exact) mass is 421 g/mol. The summed E-state index contributed by atoms with van der Waals surface area (Å²) in [5.74, 6) is 0.668. The maximum Gasteiger partial charge on any atom is 0.0772 e. The number of benzene rings is 2. The van der Waals surface area contributed by atoms with Crippen LogP contribution in [-0.4, -0.2) is 11.4 Å². The predicted molar refractivity (Wildman–Crippen MR) is 128 cm³/mol. The van der Waals surface area contributed by atoms with Crippen LogP contribution >= 0.6 is 11.9 Å². The molecule has 2 aliphatic carbocycles. The van der Waals surface area contributed by atoms with E-state index in [-0.39, 0.29) is 23.0 Å². The summed E-state index contributed by atoms with van der Waals surface area (Å²) in [4.78, 5) is 0. The second-order valence-corrected chi connectivity index (χ2v) is 10.7. The fourth-order valence-corrected chi connectivity index (χ4v) is 7.36. The van der Waals surface area contributed by atoms with Gasteiger partial charge in [-0.3, -0.25) is 4.72 Å². The van der Waals surface area contributed by atoms with Crippen LogP contribution in [-0.2, 0) is 11.3 Å². The summed E-state index contributed by atoms with van der Waals surface area (Å²) in [5.41, 5.74) is 3.08. The second-order valence-electron chi connectivity index (χ2n) is 9.69. The maximum absolute atomic E-state index is 6.69. The van der Waals surface area contributed by atoms with Crippen molar-refractivity contribution in [1.29, 1.82) is 0 Å². The summed E-state index contributed by atoms with van der Waals surface area (Å²) in [6, 6.07) is 21.6. The number of ether oxygens (including phenoxy) is 1. The average Bonchev–Trinajstić information content (AvgIpc) is 3.08. The second kappa shape index (κ2) is 8.90. The number of hydrogen-bond donors (Lipinski definition) is 1. The largest absolute Gasteiger partial charge is 0.372 e. The lowest BCUT2D eigenvalue weighted by atomic mass is 9.70. The Labute approximate surface area is 186 Å². The van der Waals surface area contributed by atoms with Crippen LogP contribution in [0.2, 0.25) is 0 Å². The molecule has 5 atom stereocenters. The van der Waals surface area contributed by atoms with Crippen LogP contribution in [0, 0.1) is 16.7 Å². The molecule has 0 heterocycles. The van der Waals surface area contributed by atoms with E-state index in [1.165, 1.54) is 24.0 Å². The summed E-state index contributed by atoms with van der Waals surface area (Å²) >= 11 is 1.91. The van der Waals surface area contributed by atoms with Crippen LogP contribution in [0.25, 0.3) is 0 Å². The van der Waals surface area contributed by atoms with E-state index in [0.717, 1.165) is 6.42 Å². The molecule has 2 saturated carbocycles. The molecular formula is C27H35NOS. The molecule has 2 aliphatic rings. The van der Waals surface area contributed by atoms with Crippen molar-refractivity contribution in [3.8, 4) is 0 Å². The smallest absolute Gasteiger partial charge is 0.0772 e. The highest BCUT2D eigenvalue weighted by molar-refractivity contribution is 7.98. The molecule has 2 fully saturated rings. The van der Waals surface area contributed by atoms with E-state index >= 15 is 0 Å². The maximum atomic E-state index is 6.69. The van der Waals surface area contributed by atoms with Crippen LogP contribution in [0.5, 0.6) is 0 Å². The van der Waals surface area contributed by atoms with Gasteiger partial charge in [-0.1, -0.05) is 99.5 Å². The summed E-state index contributed by atoms with van der Waals surface area (Å²) in [7, 11) is 0. The van der Waals surface area contributed by atoms with Crippen molar-refractivity contribution in [2.75, 3.05) is 0 Å². The van der Waals surface area contributed by atoms with Crippen molar-refractivity contribution in [3.63, 3.8) is 0 Å². The Morgan fingerprint density at radius 3 is 2.43 bits per heavy atom. The predicted octanol–water partition coefficient (Wildman–Crippen LogP) is 6.95. The first kappa shape index (κ1) is 21.7. The minimum Gasteiger partial charge on any atom is -0.372 e. The molecule has 2 nitrogen and oxygen atoms in total. The number of hydrogen-bond acceptors (Lipinski definition) is 3. The summed E-state index contributed by atoms with van der Waals surface area (Å²) in [6.07, 6.45) is 5.75. The van der Waals surface area contributed by atoms with Gasteiger partial charge in [0.1, 0.15) is 0 Å². The quantitative estimate of drug-likeness (QED) is 0.349. The van der Waals surface area contributed by atoms with Crippen molar-refractivity contribution in [1.82, 2.24) is 4.72 Å². The lowest BCUT2D eigenvalue weighted by Crippen LogP contribution is -2.41. The zero-order valence-electron chi connectivity index (χ0n) is 18.5. The highest BCUT2D eigenvalue weighted by atomic mass is 32.2. The molecule has 2 bridgehead atoms. The van der Waals surface area contributed by atoms with Gasteiger partial charge in [-0.15, -0.1) is 6.58 Å². The fourth-order valence-electron chi connectivity index (χ4n) is 5.67. The van der Waals surface area contributed by atoms with E-state index in [9.17, 15) is 0 Å². The standard InChI is InChI=1S/C27H35NOS/c1-5-12-23(21-15-10-7-11-16-21)28-30-24-22-17-18-27(4,26(22,2)3)25(24)29-19-20-13-8-6-9-14-20/h5-11,13-16,22-25,28H,1,12,17-19H2,2-4H3/t22-,23+,24?,25?,27+/m1/s1. The van der Waals surface area contributed by atoms with Crippen LogP contribution in [0.4, 0.5) is 0 Å². The van der Waals surface area contributed by atoms with Crippen LogP contribution in [0.15, 0.2) is 73.3 Å². The molecule has 3 heteroatoms. The molecule has 0 radical (unpaired) electrons. The number of rotatable bonds is 9. The van der Waals surface area contributed by atoms with Gasteiger partial charge >= 0.3 is 0 Å². The lowest BCUT2D eigenvalue weighted by Gasteiger charge is -2.40. The third kappa shape index (κ3) is 3.88. The van der Waals surface area contributed by atoms with Gasteiger partial charge in [0.2, 0.25) is 0 Å². The van der Waals surface area contributed by atoms with Gasteiger partial charge in [0.05, 0.1) is 12.7 Å². The van der Waals surface area contributed by atoms with Crippen LogP contribution < -0.4 is 4.72 Å². The minimum absolute atomic E-state index is 0.215. The van der Waals surface area contributed by atoms with Crippen molar-refractivity contribution in [3.05, 3.63) is 84.4 Å². The first-order valence-corrected chi connectivity index (χ1v) is 12.1. The lowest BCUT2D eigenvalue weighted by molar-refractivity contribution is -0.0526. The van der Waals surface area contributed by atoms with Crippen LogP contribution in [0.3, 0.4) is 0 Å². The molecule has 160 valence electrons. The SMILES string of the molecule is C=CC[C@H](NSC1C(OCc2ccccc2)[C@]2(C)CC[C@H]1C2(C)C)c1ccccc1. The average molecular weight is 422 g/mol. The van der Waals surface area contributed by atoms with Gasteiger partial charge in [-0.05, 0) is 41.7 Å². The van der Waals surface area contributed by atoms with E-state index in [1.54, 1.807) is 0 Å². The van der Waals surface area contributed by atoms with E-state index in [1.807, 2.05) is 18.0 Å². The first-order chi connectivity index (χ1) is 14.5. The molecule has 4 rings (SSSR count). The molecule has 2 aromatic carbocycles. The normalized spacial score (nSPS) is 30.3. The van der Waals surface area contributed by atoms with Gasteiger partial charge in [0.25, 0.3) is 0 Å². The van der Waals surface area contributed by atoms with Gasteiger partial charge in [-0.2, -0.15) is 0 Å². The summed E-state index contributed by atoms with van der Waals surface area (Å²) in [6.45, 7) is 12.1. The summed E-state index contributed by atoms with van der Waals surface area (Å²) < 4.78 is 10.5. The van der Waals surface area contributed by atoms with E-state index in [4.69, 9.17) is 4.74 Å². The van der Waals surface area contributed by atoms with E-state index in [0.29, 0.717) is 17.8 Å². The molecule has 0 amide bonds. The molecule has 0 aliphatic heterocycles. The zero-order chi connectivity index (χ0) is 21.2. The molecule has 0 spiro atoms. The van der Waals surface area contributed by atoms with E-state index < -0.39 is 0 Å². The molecule has 2 aromatic rings. The Morgan fingerprint density at radius 1 is 1.10 bits per heavy atom. The Balaban J connectivity index is 1.51. The molecule has 0 aromatic heterocycles. The topological polar surface area (TPSA) is 21.3 Å². The zero-order valence-corrected chi connectivity index (χ0v) is 19.3. The van der Waals surface area contributed by atoms with Gasteiger partial charge in [-0.25, -0.2) is 0 Å². The van der Waals surface area contributed by atoms with Crippen LogP contribution in [0.1, 0.15) is 57.2 Å². The third-order valence-corrected chi connectivity index (χ3v) is 9.19. The van der Waals surface area contributed by atoms with Crippen molar-refractivity contribution >= 4 is 11.9 Å². The van der Waals surface area contributed by atoms with Crippen molar-refractivity contribution in [2.45, 2.75) is 64.0 Å². The molecule has 0 saturated heterocycles. The highest BCUT2D eigenvalue weighted by Gasteiger charge is 2.67.